The van der Waals surface area contributed by atoms with Crippen molar-refractivity contribution in [1.29, 1.82) is 0 Å². The standard InChI is InChI=1S/C14H8F2N2O/c15-10-6-7-11(12(16)8-10)14-18-17-13(19-14)9-4-2-1-3-5-9/h1-8H. The molecule has 0 fully saturated rings. The predicted molar refractivity (Wildman–Crippen MR) is 65.1 cm³/mol. The number of benzene rings is 2. The minimum absolute atomic E-state index is 0.0244. The zero-order chi connectivity index (χ0) is 13.2. The minimum atomic E-state index is -0.733. The molecule has 5 heteroatoms. The average molecular weight is 258 g/mol. The van der Waals surface area contributed by atoms with Crippen LogP contribution >= 0.6 is 0 Å². The molecule has 94 valence electrons. The van der Waals surface area contributed by atoms with Crippen LogP contribution < -0.4 is 0 Å². The Hall–Kier alpha value is -2.56. The van der Waals surface area contributed by atoms with Gasteiger partial charge in [-0.05, 0) is 24.3 Å². The van der Waals surface area contributed by atoms with Crippen LogP contribution in [-0.4, -0.2) is 10.2 Å². The molecule has 1 heterocycles. The Morgan fingerprint density at radius 1 is 0.842 bits per heavy atom. The highest BCUT2D eigenvalue weighted by atomic mass is 19.1. The second-order valence-corrected chi connectivity index (χ2v) is 3.90. The van der Waals surface area contributed by atoms with Crippen molar-refractivity contribution >= 4 is 0 Å². The SMILES string of the molecule is Fc1ccc(-c2nnc(-c3ccccc3)o2)c(F)c1. The van der Waals surface area contributed by atoms with Crippen molar-refractivity contribution in [2.24, 2.45) is 0 Å². The van der Waals surface area contributed by atoms with E-state index < -0.39 is 11.6 Å². The largest absolute Gasteiger partial charge is 0.416 e. The molecule has 0 aliphatic carbocycles. The van der Waals surface area contributed by atoms with E-state index in [1.165, 1.54) is 6.07 Å². The number of halogens is 2. The summed E-state index contributed by atoms with van der Waals surface area (Å²) >= 11 is 0. The first-order chi connectivity index (χ1) is 9.24. The van der Waals surface area contributed by atoms with Crippen LogP contribution in [0.15, 0.2) is 52.9 Å². The fourth-order valence-corrected chi connectivity index (χ4v) is 1.69. The van der Waals surface area contributed by atoms with Crippen molar-refractivity contribution in [1.82, 2.24) is 10.2 Å². The molecule has 3 aromatic rings. The van der Waals surface area contributed by atoms with Crippen molar-refractivity contribution in [2.45, 2.75) is 0 Å². The molecular formula is C14H8F2N2O. The minimum Gasteiger partial charge on any atom is -0.416 e. The van der Waals surface area contributed by atoms with Crippen LogP contribution in [0.2, 0.25) is 0 Å². The normalized spacial score (nSPS) is 10.6. The average Bonchev–Trinajstić information content (AvgIpc) is 2.89. The Bertz CT molecular complexity index is 710. The number of hydrogen-bond acceptors (Lipinski definition) is 3. The van der Waals surface area contributed by atoms with Gasteiger partial charge in [0.2, 0.25) is 5.89 Å². The Kier molecular flexibility index (Phi) is 2.79. The van der Waals surface area contributed by atoms with Crippen LogP contribution in [0.25, 0.3) is 22.9 Å². The van der Waals surface area contributed by atoms with Gasteiger partial charge in [0.05, 0.1) is 5.56 Å². The van der Waals surface area contributed by atoms with E-state index in [2.05, 4.69) is 10.2 Å². The summed E-state index contributed by atoms with van der Waals surface area (Å²) in [6.45, 7) is 0. The summed E-state index contributed by atoms with van der Waals surface area (Å²) in [6.07, 6.45) is 0. The maximum absolute atomic E-state index is 13.6. The third-order valence-electron chi connectivity index (χ3n) is 2.61. The van der Waals surface area contributed by atoms with Gasteiger partial charge in [-0.15, -0.1) is 10.2 Å². The molecule has 0 aliphatic rings. The lowest BCUT2D eigenvalue weighted by atomic mass is 10.2. The van der Waals surface area contributed by atoms with Gasteiger partial charge in [-0.1, -0.05) is 18.2 Å². The Morgan fingerprint density at radius 3 is 2.32 bits per heavy atom. The van der Waals surface area contributed by atoms with Gasteiger partial charge in [0.25, 0.3) is 5.89 Å². The summed E-state index contributed by atoms with van der Waals surface area (Å²) in [5, 5.41) is 7.62. The summed E-state index contributed by atoms with van der Waals surface area (Å²) in [7, 11) is 0. The molecule has 0 N–H and O–H groups in total. The van der Waals surface area contributed by atoms with Crippen molar-refractivity contribution < 1.29 is 13.2 Å². The molecule has 0 unspecified atom stereocenters. The van der Waals surface area contributed by atoms with E-state index in [9.17, 15) is 8.78 Å². The summed E-state index contributed by atoms with van der Waals surface area (Å²) in [4.78, 5) is 0. The van der Waals surface area contributed by atoms with Crippen LogP contribution in [0.1, 0.15) is 0 Å². The summed E-state index contributed by atoms with van der Waals surface area (Å²) in [6, 6.07) is 12.3. The molecule has 1 aromatic heterocycles. The molecule has 0 spiro atoms. The van der Waals surface area contributed by atoms with Crippen LogP contribution in [0.3, 0.4) is 0 Å². The highest BCUT2D eigenvalue weighted by Crippen LogP contribution is 2.25. The Morgan fingerprint density at radius 2 is 1.58 bits per heavy atom. The van der Waals surface area contributed by atoms with Crippen molar-refractivity contribution in [3.63, 3.8) is 0 Å². The first-order valence-electron chi connectivity index (χ1n) is 5.58. The fraction of sp³-hybridized carbons (Fsp3) is 0. The van der Waals surface area contributed by atoms with Gasteiger partial charge in [-0.2, -0.15) is 0 Å². The second-order valence-electron chi connectivity index (χ2n) is 3.90. The number of nitrogens with zero attached hydrogens (tertiary/aromatic N) is 2. The van der Waals surface area contributed by atoms with E-state index in [4.69, 9.17) is 4.42 Å². The van der Waals surface area contributed by atoms with Crippen LogP contribution in [0, 0.1) is 11.6 Å². The van der Waals surface area contributed by atoms with E-state index in [0.29, 0.717) is 5.89 Å². The smallest absolute Gasteiger partial charge is 0.251 e. The summed E-state index contributed by atoms with van der Waals surface area (Å²) < 4.78 is 31.8. The zero-order valence-electron chi connectivity index (χ0n) is 9.68. The highest BCUT2D eigenvalue weighted by molar-refractivity contribution is 5.58. The van der Waals surface area contributed by atoms with Gasteiger partial charge in [-0.25, -0.2) is 8.78 Å². The third-order valence-corrected chi connectivity index (χ3v) is 2.61. The number of rotatable bonds is 2. The fourth-order valence-electron chi connectivity index (χ4n) is 1.69. The van der Waals surface area contributed by atoms with E-state index in [0.717, 1.165) is 17.7 Å². The quantitative estimate of drug-likeness (QED) is 0.703. The van der Waals surface area contributed by atoms with Gasteiger partial charge in [0.15, 0.2) is 0 Å². The van der Waals surface area contributed by atoms with Crippen LogP contribution in [0.5, 0.6) is 0 Å². The molecule has 3 rings (SSSR count). The molecule has 19 heavy (non-hydrogen) atoms. The number of aromatic nitrogens is 2. The van der Waals surface area contributed by atoms with Crippen molar-refractivity contribution in [3.05, 3.63) is 60.2 Å². The predicted octanol–water partition coefficient (Wildman–Crippen LogP) is 3.68. The highest BCUT2D eigenvalue weighted by Gasteiger charge is 2.14. The monoisotopic (exact) mass is 258 g/mol. The molecule has 0 aliphatic heterocycles. The molecule has 0 saturated heterocycles. The van der Waals surface area contributed by atoms with Gasteiger partial charge in [-0.3, -0.25) is 0 Å². The first-order valence-corrected chi connectivity index (χ1v) is 5.58. The molecule has 0 bridgehead atoms. The van der Waals surface area contributed by atoms with Gasteiger partial charge < -0.3 is 4.42 Å². The van der Waals surface area contributed by atoms with Gasteiger partial charge in [0.1, 0.15) is 11.6 Å². The summed E-state index contributed by atoms with van der Waals surface area (Å²) in [5.74, 6) is -1.07. The lowest BCUT2D eigenvalue weighted by Gasteiger charge is -1.97. The zero-order valence-corrected chi connectivity index (χ0v) is 9.68. The van der Waals surface area contributed by atoms with Crippen LogP contribution in [-0.2, 0) is 0 Å². The molecular weight excluding hydrogens is 250 g/mol. The number of hydrogen-bond donors (Lipinski definition) is 0. The Balaban J connectivity index is 2.02. The lowest BCUT2D eigenvalue weighted by molar-refractivity contribution is 0.560. The molecule has 0 atom stereocenters. The van der Waals surface area contributed by atoms with Crippen molar-refractivity contribution in [2.75, 3.05) is 0 Å². The maximum Gasteiger partial charge on any atom is 0.251 e. The third kappa shape index (κ3) is 2.22. The molecule has 0 saturated carbocycles. The van der Waals surface area contributed by atoms with Gasteiger partial charge in [0, 0.05) is 11.6 Å². The van der Waals surface area contributed by atoms with E-state index in [-0.39, 0.29) is 11.5 Å². The van der Waals surface area contributed by atoms with E-state index >= 15 is 0 Å². The van der Waals surface area contributed by atoms with Crippen molar-refractivity contribution in [3.8, 4) is 22.9 Å². The topological polar surface area (TPSA) is 38.9 Å². The molecule has 0 amide bonds. The maximum atomic E-state index is 13.6. The molecule has 3 nitrogen and oxygen atoms in total. The van der Waals surface area contributed by atoms with E-state index in [1.54, 1.807) is 12.1 Å². The van der Waals surface area contributed by atoms with Crippen LogP contribution in [0.4, 0.5) is 8.78 Å². The summed E-state index contributed by atoms with van der Waals surface area (Å²) in [5.41, 5.74) is 0.819. The molecule has 0 radical (unpaired) electrons. The van der Waals surface area contributed by atoms with E-state index in [1.807, 2.05) is 18.2 Å². The molecule has 2 aromatic carbocycles. The Labute approximate surface area is 107 Å². The first kappa shape index (κ1) is 11.5. The lowest BCUT2D eigenvalue weighted by Crippen LogP contribution is -1.86. The van der Waals surface area contributed by atoms with Gasteiger partial charge >= 0.3 is 0 Å². The second kappa shape index (κ2) is 4.61.